The zero-order valence-electron chi connectivity index (χ0n) is 11.2. The van der Waals surface area contributed by atoms with Crippen LogP contribution in [0.5, 0.6) is 0 Å². The van der Waals surface area contributed by atoms with Crippen molar-refractivity contribution in [2.45, 2.75) is 19.4 Å². The summed E-state index contributed by atoms with van der Waals surface area (Å²) in [5.74, 6) is 0. The second kappa shape index (κ2) is 7.46. The maximum Gasteiger partial charge on any atom is 0.0592 e. The molecule has 0 heterocycles. The summed E-state index contributed by atoms with van der Waals surface area (Å²) in [6.07, 6.45) is 1.06. The first-order valence-electron chi connectivity index (χ1n) is 6.56. The lowest BCUT2D eigenvalue weighted by molar-refractivity contribution is 0.599. The molecule has 106 valence electrons. The Bertz CT molecular complexity index is 586. The van der Waals surface area contributed by atoms with Gasteiger partial charge in [-0.2, -0.15) is 0 Å². The van der Waals surface area contributed by atoms with Crippen molar-refractivity contribution in [3.63, 3.8) is 0 Å². The van der Waals surface area contributed by atoms with E-state index in [1.165, 1.54) is 0 Å². The minimum Gasteiger partial charge on any atom is -0.306 e. The van der Waals surface area contributed by atoms with Crippen molar-refractivity contribution >= 4 is 39.1 Å². The molecule has 1 atom stereocenters. The van der Waals surface area contributed by atoms with Crippen molar-refractivity contribution in [1.82, 2.24) is 5.32 Å². The lowest BCUT2D eigenvalue weighted by Gasteiger charge is -2.21. The van der Waals surface area contributed by atoms with Gasteiger partial charge in [0.1, 0.15) is 0 Å². The van der Waals surface area contributed by atoms with Gasteiger partial charge in [0, 0.05) is 9.50 Å². The third-order valence-electron chi connectivity index (χ3n) is 3.09. The quantitative estimate of drug-likeness (QED) is 0.694. The van der Waals surface area contributed by atoms with Crippen LogP contribution in [0.2, 0.25) is 10.0 Å². The van der Waals surface area contributed by atoms with Gasteiger partial charge < -0.3 is 5.32 Å². The van der Waals surface area contributed by atoms with Gasteiger partial charge in [0.2, 0.25) is 0 Å². The van der Waals surface area contributed by atoms with E-state index in [0.717, 1.165) is 33.6 Å². The van der Waals surface area contributed by atoms with E-state index in [1.807, 2.05) is 36.4 Å². The summed E-state index contributed by atoms with van der Waals surface area (Å²) in [4.78, 5) is 0. The first kappa shape index (κ1) is 15.8. The Balaban J connectivity index is 2.41. The highest BCUT2D eigenvalue weighted by Gasteiger charge is 2.16. The molecular weight excluding hydrogens is 357 g/mol. The van der Waals surface area contributed by atoms with Crippen LogP contribution in [0, 0.1) is 0 Å². The molecule has 2 rings (SSSR count). The van der Waals surface area contributed by atoms with Crippen LogP contribution in [-0.2, 0) is 0 Å². The maximum absolute atomic E-state index is 6.34. The summed E-state index contributed by atoms with van der Waals surface area (Å²) in [5, 5.41) is 5.00. The number of rotatable bonds is 5. The largest absolute Gasteiger partial charge is 0.306 e. The van der Waals surface area contributed by atoms with E-state index in [1.54, 1.807) is 0 Å². The monoisotopic (exact) mass is 371 g/mol. The van der Waals surface area contributed by atoms with Gasteiger partial charge in [0.15, 0.2) is 0 Å². The van der Waals surface area contributed by atoms with Crippen LogP contribution in [0.4, 0.5) is 0 Å². The van der Waals surface area contributed by atoms with Crippen molar-refractivity contribution in [2.75, 3.05) is 6.54 Å². The van der Waals surface area contributed by atoms with Gasteiger partial charge in [-0.05, 0) is 58.2 Å². The standard InChI is InChI=1S/C16H16BrCl2N/c1-2-9-20-16(12-5-3-4-6-14(12)18)11-7-8-13(17)15(19)10-11/h3-8,10,16,20H,2,9H2,1H3. The van der Waals surface area contributed by atoms with Gasteiger partial charge in [0.05, 0.1) is 11.1 Å². The average Bonchev–Trinajstić information content (AvgIpc) is 2.44. The first-order valence-corrected chi connectivity index (χ1v) is 8.11. The van der Waals surface area contributed by atoms with Crippen molar-refractivity contribution < 1.29 is 0 Å². The zero-order valence-corrected chi connectivity index (χ0v) is 14.3. The summed E-state index contributed by atoms with van der Waals surface area (Å²) >= 11 is 16.0. The number of nitrogens with one attached hydrogen (secondary N) is 1. The molecule has 0 aliphatic rings. The van der Waals surface area contributed by atoms with Gasteiger partial charge in [-0.3, -0.25) is 0 Å². The van der Waals surface area contributed by atoms with Crippen LogP contribution < -0.4 is 5.32 Å². The highest BCUT2D eigenvalue weighted by atomic mass is 79.9. The molecule has 0 spiro atoms. The van der Waals surface area contributed by atoms with E-state index in [4.69, 9.17) is 23.2 Å². The Labute approximate surface area is 138 Å². The molecule has 4 heteroatoms. The Morgan fingerprint density at radius 3 is 2.50 bits per heavy atom. The fourth-order valence-corrected chi connectivity index (χ4v) is 2.78. The highest BCUT2D eigenvalue weighted by Crippen LogP contribution is 2.32. The van der Waals surface area contributed by atoms with Crippen molar-refractivity contribution in [1.29, 1.82) is 0 Å². The van der Waals surface area contributed by atoms with Crippen LogP contribution in [0.15, 0.2) is 46.9 Å². The van der Waals surface area contributed by atoms with Crippen LogP contribution >= 0.6 is 39.1 Å². The van der Waals surface area contributed by atoms with Crippen molar-refractivity contribution in [3.8, 4) is 0 Å². The predicted molar refractivity (Wildman–Crippen MR) is 90.7 cm³/mol. The smallest absolute Gasteiger partial charge is 0.0592 e. The molecule has 2 aromatic carbocycles. The molecule has 0 amide bonds. The van der Waals surface area contributed by atoms with E-state index < -0.39 is 0 Å². The third-order valence-corrected chi connectivity index (χ3v) is 4.67. The first-order chi connectivity index (χ1) is 9.63. The zero-order chi connectivity index (χ0) is 14.5. The summed E-state index contributed by atoms with van der Waals surface area (Å²) in [6, 6.07) is 14.0. The molecule has 1 N–H and O–H groups in total. The van der Waals surface area contributed by atoms with Crippen molar-refractivity contribution in [3.05, 3.63) is 68.1 Å². The molecule has 1 nitrogen and oxygen atoms in total. The minimum absolute atomic E-state index is 0.0502. The van der Waals surface area contributed by atoms with Gasteiger partial charge in [-0.15, -0.1) is 0 Å². The van der Waals surface area contributed by atoms with Crippen LogP contribution in [-0.4, -0.2) is 6.54 Å². The van der Waals surface area contributed by atoms with E-state index in [9.17, 15) is 0 Å². The highest BCUT2D eigenvalue weighted by molar-refractivity contribution is 9.10. The second-order valence-electron chi connectivity index (χ2n) is 4.58. The summed E-state index contributed by atoms with van der Waals surface area (Å²) in [5.41, 5.74) is 2.18. The lowest BCUT2D eigenvalue weighted by Crippen LogP contribution is -2.23. The van der Waals surface area contributed by atoms with Gasteiger partial charge >= 0.3 is 0 Å². The van der Waals surface area contributed by atoms with Gasteiger partial charge in [0.25, 0.3) is 0 Å². The SMILES string of the molecule is CCCNC(c1ccc(Br)c(Cl)c1)c1ccccc1Cl. The molecule has 0 aliphatic carbocycles. The Morgan fingerprint density at radius 1 is 1.10 bits per heavy atom. The molecule has 0 saturated heterocycles. The number of hydrogen-bond acceptors (Lipinski definition) is 1. The third kappa shape index (κ3) is 3.76. The Hall–Kier alpha value is -0.540. The van der Waals surface area contributed by atoms with E-state index in [-0.39, 0.29) is 6.04 Å². The molecule has 1 unspecified atom stereocenters. The van der Waals surface area contributed by atoms with Crippen LogP contribution in [0.1, 0.15) is 30.5 Å². The normalized spacial score (nSPS) is 12.4. The second-order valence-corrected chi connectivity index (χ2v) is 6.25. The Morgan fingerprint density at radius 2 is 1.85 bits per heavy atom. The molecule has 0 aliphatic heterocycles. The van der Waals surface area contributed by atoms with E-state index in [2.05, 4.69) is 34.2 Å². The average molecular weight is 373 g/mol. The molecule has 0 aromatic heterocycles. The fourth-order valence-electron chi connectivity index (χ4n) is 2.10. The topological polar surface area (TPSA) is 12.0 Å². The maximum atomic E-state index is 6.34. The molecule has 2 aromatic rings. The summed E-state index contributed by atoms with van der Waals surface area (Å²) in [6.45, 7) is 3.06. The molecule has 0 bridgehead atoms. The van der Waals surface area contributed by atoms with Gasteiger partial charge in [-0.25, -0.2) is 0 Å². The van der Waals surface area contributed by atoms with Crippen LogP contribution in [0.3, 0.4) is 0 Å². The molecule has 0 radical (unpaired) electrons. The fraction of sp³-hybridized carbons (Fsp3) is 0.250. The number of benzene rings is 2. The lowest BCUT2D eigenvalue weighted by atomic mass is 9.98. The summed E-state index contributed by atoms with van der Waals surface area (Å²) in [7, 11) is 0. The minimum atomic E-state index is 0.0502. The van der Waals surface area contributed by atoms with Gasteiger partial charge in [-0.1, -0.05) is 54.4 Å². The van der Waals surface area contributed by atoms with Crippen molar-refractivity contribution in [2.24, 2.45) is 0 Å². The van der Waals surface area contributed by atoms with E-state index in [0.29, 0.717) is 5.02 Å². The Kier molecular flexibility index (Phi) is 5.91. The molecule has 0 saturated carbocycles. The number of halogens is 3. The molecule has 0 fully saturated rings. The van der Waals surface area contributed by atoms with E-state index >= 15 is 0 Å². The molecular formula is C16H16BrCl2N. The molecule has 20 heavy (non-hydrogen) atoms. The summed E-state index contributed by atoms with van der Waals surface area (Å²) < 4.78 is 0.899. The predicted octanol–water partition coefficient (Wildman–Crippen LogP) is 5.84. The van der Waals surface area contributed by atoms with Crippen LogP contribution in [0.25, 0.3) is 0 Å². The number of hydrogen-bond donors (Lipinski definition) is 1.